The Hall–Kier alpha value is -1.64. The van der Waals surface area contributed by atoms with Crippen molar-refractivity contribution in [1.82, 2.24) is 4.90 Å². The molecule has 0 spiro atoms. The molecule has 0 bridgehead atoms. The summed E-state index contributed by atoms with van der Waals surface area (Å²) in [6.07, 6.45) is 2.07. The van der Waals surface area contributed by atoms with Crippen LogP contribution in [0.2, 0.25) is 0 Å². The second-order valence-corrected chi connectivity index (χ2v) is 3.81. The molecule has 3 nitrogen and oxygen atoms in total. The molecule has 1 aromatic carbocycles. The zero-order chi connectivity index (χ0) is 12.0. The second kappa shape index (κ2) is 6.05. The van der Waals surface area contributed by atoms with Crippen molar-refractivity contribution in [3.8, 4) is 0 Å². The normalized spacial score (nSPS) is 9.88. The Bertz CT molecular complexity index is 359. The Balaban J connectivity index is 2.31. The van der Waals surface area contributed by atoms with Crippen molar-refractivity contribution in [3.63, 3.8) is 0 Å². The van der Waals surface area contributed by atoms with Crippen molar-refractivity contribution in [2.45, 2.75) is 26.2 Å². The number of benzene rings is 1. The van der Waals surface area contributed by atoms with Crippen molar-refractivity contribution in [2.75, 3.05) is 7.05 Å². The molecule has 2 amide bonds. The number of rotatable bonds is 4. The molecular formula is C13H17NO2. The predicted octanol–water partition coefficient (Wildman–Crippen LogP) is 2.01. The summed E-state index contributed by atoms with van der Waals surface area (Å²) in [6, 6.07) is 10.0. The number of aryl methyl sites for hydroxylation is 1. The lowest BCUT2D eigenvalue weighted by atomic mass is 10.1. The number of hydrogen-bond donors (Lipinski definition) is 0. The maximum atomic E-state index is 11.5. The van der Waals surface area contributed by atoms with Gasteiger partial charge >= 0.3 is 0 Å². The highest BCUT2D eigenvalue weighted by atomic mass is 16.2. The van der Waals surface area contributed by atoms with E-state index < -0.39 is 0 Å². The van der Waals surface area contributed by atoms with Crippen LogP contribution < -0.4 is 0 Å². The van der Waals surface area contributed by atoms with Crippen LogP contribution in [0.4, 0.5) is 0 Å². The number of carbonyl (C=O) groups is 2. The van der Waals surface area contributed by atoms with Crippen LogP contribution >= 0.6 is 0 Å². The van der Waals surface area contributed by atoms with Crippen LogP contribution in [0.3, 0.4) is 0 Å². The predicted molar refractivity (Wildman–Crippen MR) is 62.8 cm³/mol. The average Bonchev–Trinajstić information content (AvgIpc) is 2.29. The van der Waals surface area contributed by atoms with Crippen LogP contribution in [0.25, 0.3) is 0 Å². The van der Waals surface area contributed by atoms with Crippen molar-refractivity contribution >= 4 is 11.8 Å². The first-order chi connectivity index (χ1) is 7.61. The van der Waals surface area contributed by atoms with Gasteiger partial charge in [-0.1, -0.05) is 30.3 Å². The van der Waals surface area contributed by atoms with E-state index in [0.717, 1.165) is 12.8 Å². The van der Waals surface area contributed by atoms with Crippen LogP contribution in [-0.2, 0) is 16.0 Å². The summed E-state index contributed by atoms with van der Waals surface area (Å²) in [6.45, 7) is 1.40. The third kappa shape index (κ3) is 3.85. The van der Waals surface area contributed by atoms with Gasteiger partial charge in [0.25, 0.3) is 0 Å². The van der Waals surface area contributed by atoms with E-state index in [0.29, 0.717) is 6.42 Å². The van der Waals surface area contributed by atoms with E-state index >= 15 is 0 Å². The van der Waals surface area contributed by atoms with E-state index in [1.165, 1.54) is 24.4 Å². The Morgan fingerprint density at radius 3 is 2.38 bits per heavy atom. The third-order valence-electron chi connectivity index (χ3n) is 2.55. The van der Waals surface area contributed by atoms with E-state index in [4.69, 9.17) is 0 Å². The van der Waals surface area contributed by atoms with Crippen LogP contribution in [0.15, 0.2) is 30.3 Å². The summed E-state index contributed by atoms with van der Waals surface area (Å²) >= 11 is 0. The largest absolute Gasteiger partial charge is 0.286 e. The van der Waals surface area contributed by atoms with Gasteiger partial charge in [0.15, 0.2) is 0 Å². The van der Waals surface area contributed by atoms with Crippen LogP contribution in [0.1, 0.15) is 25.3 Å². The molecule has 0 saturated heterocycles. The van der Waals surface area contributed by atoms with E-state index in [1.807, 2.05) is 30.3 Å². The molecule has 1 rings (SSSR count). The second-order valence-electron chi connectivity index (χ2n) is 3.81. The first-order valence-corrected chi connectivity index (χ1v) is 5.42. The monoisotopic (exact) mass is 219 g/mol. The SMILES string of the molecule is CC(=O)N(C)C(=O)CCCc1ccccc1. The molecule has 0 atom stereocenters. The van der Waals surface area contributed by atoms with Gasteiger partial charge in [-0.05, 0) is 18.4 Å². The van der Waals surface area contributed by atoms with Crippen LogP contribution in [0, 0.1) is 0 Å². The summed E-state index contributed by atoms with van der Waals surface area (Å²) in [5, 5.41) is 0. The van der Waals surface area contributed by atoms with E-state index in [2.05, 4.69) is 0 Å². The Morgan fingerprint density at radius 2 is 1.81 bits per heavy atom. The van der Waals surface area contributed by atoms with Gasteiger partial charge in [0, 0.05) is 20.4 Å². The molecule has 0 unspecified atom stereocenters. The first-order valence-electron chi connectivity index (χ1n) is 5.42. The Morgan fingerprint density at radius 1 is 1.19 bits per heavy atom. The molecule has 3 heteroatoms. The van der Waals surface area contributed by atoms with Gasteiger partial charge in [-0.25, -0.2) is 0 Å². The number of carbonyl (C=O) groups excluding carboxylic acids is 2. The number of hydrogen-bond acceptors (Lipinski definition) is 2. The lowest BCUT2D eigenvalue weighted by Gasteiger charge is -2.12. The highest BCUT2D eigenvalue weighted by Gasteiger charge is 2.11. The van der Waals surface area contributed by atoms with Crippen molar-refractivity contribution in [3.05, 3.63) is 35.9 Å². The fourth-order valence-corrected chi connectivity index (χ4v) is 1.43. The summed E-state index contributed by atoms with van der Waals surface area (Å²) in [7, 11) is 1.52. The minimum atomic E-state index is -0.204. The van der Waals surface area contributed by atoms with E-state index in [-0.39, 0.29) is 11.8 Å². The molecule has 0 N–H and O–H groups in total. The molecule has 0 aliphatic heterocycles. The molecule has 0 heterocycles. The van der Waals surface area contributed by atoms with Crippen molar-refractivity contribution < 1.29 is 9.59 Å². The van der Waals surface area contributed by atoms with Gasteiger partial charge < -0.3 is 0 Å². The fraction of sp³-hybridized carbons (Fsp3) is 0.385. The van der Waals surface area contributed by atoms with Crippen LogP contribution in [0.5, 0.6) is 0 Å². The maximum absolute atomic E-state index is 11.5. The third-order valence-corrected chi connectivity index (χ3v) is 2.55. The van der Waals surface area contributed by atoms with Crippen molar-refractivity contribution in [1.29, 1.82) is 0 Å². The van der Waals surface area contributed by atoms with Gasteiger partial charge in [0.2, 0.25) is 11.8 Å². The van der Waals surface area contributed by atoms with Crippen molar-refractivity contribution in [2.24, 2.45) is 0 Å². The van der Waals surface area contributed by atoms with Gasteiger partial charge in [-0.15, -0.1) is 0 Å². The molecule has 0 fully saturated rings. The Labute approximate surface area is 96.1 Å². The molecule has 0 aliphatic rings. The first kappa shape index (κ1) is 12.4. The Kier molecular flexibility index (Phi) is 4.70. The average molecular weight is 219 g/mol. The van der Waals surface area contributed by atoms with E-state index in [9.17, 15) is 9.59 Å². The summed E-state index contributed by atoms with van der Waals surface area (Å²) in [4.78, 5) is 23.6. The molecule has 0 aromatic heterocycles. The highest BCUT2D eigenvalue weighted by molar-refractivity contribution is 5.93. The summed E-state index contributed by atoms with van der Waals surface area (Å²) < 4.78 is 0. The molecular weight excluding hydrogens is 202 g/mol. The smallest absolute Gasteiger partial charge is 0.228 e. The molecule has 0 aliphatic carbocycles. The molecule has 1 aromatic rings. The topological polar surface area (TPSA) is 37.4 Å². The number of amides is 2. The minimum Gasteiger partial charge on any atom is -0.286 e. The molecule has 16 heavy (non-hydrogen) atoms. The van der Waals surface area contributed by atoms with E-state index in [1.54, 1.807) is 0 Å². The number of imide groups is 1. The zero-order valence-electron chi connectivity index (χ0n) is 9.77. The number of nitrogens with zero attached hydrogens (tertiary/aromatic N) is 1. The standard InChI is InChI=1S/C13H17NO2/c1-11(15)14(2)13(16)10-6-9-12-7-4-3-5-8-12/h3-5,7-8H,6,9-10H2,1-2H3. The fourth-order valence-electron chi connectivity index (χ4n) is 1.43. The summed E-state index contributed by atoms with van der Waals surface area (Å²) in [5.41, 5.74) is 1.22. The van der Waals surface area contributed by atoms with Gasteiger partial charge in [0.05, 0.1) is 0 Å². The summed E-state index contributed by atoms with van der Waals surface area (Å²) in [5.74, 6) is -0.312. The molecule has 0 radical (unpaired) electrons. The minimum absolute atomic E-state index is 0.108. The van der Waals surface area contributed by atoms with Gasteiger partial charge in [-0.2, -0.15) is 0 Å². The van der Waals surface area contributed by atoms with Crippen LogP contribution in [-0.4, -0.2) is 23.8 Å². The zero-order valence-corrected chi connectivity index (χ0v) is 9.77. The maximum Gasteiger partial charge on any atom is 0.228 e. The highest BCUT2D eigenvalue weighted by Crippen LogP contribution is 2.05. The molecule has 0 saturated carbocycles. The van der Waals surface area contributed by atoms with Gasteiger partial charge in [-0.3, -0.25) is 14.5 Å². The molecule has 86 valence electrons. The lowest BCUT2D eigenvalue weighted by Crippen LogP contribution is -2.30. The lowest BCUT2D eigenvalue weighted by molar-refractivity contribution is -0.141. The quantitative estimate of drug-likeness (QED) is 0.776. The van der Waals surface area contributed by atoms with Gasteiger partial charge in [0.1, 0.15) is 0 Å².